The molecule has 0 bridgehead atoms. The van der Waals surface area contributed by atoms with Gasteiger partial charge in [-0.25, -0.2) is 0 Å². The van der Waals surface area contributed by atoms with Crippen molar-refractivity contribution in [3.05, 3.63) is 24.3 Å². The fourth-order valence-electron chi connectivity index (χ4n) is 1.23. The monoisotopic (exact) mass is 138 g/mol. The second-order valence-electron chi connectivity index (χ2n) is 2.45. The molecule has 54 valence electrons. The molecule has 10 heavy (non-hydrogen) atoms. The predicted molar refractivity (Wildman–Crippen MR) is 37.8 cm³/mol. The Balaban J connectivity index is 2.14. The van der Waals surface area contributed by atoms with Gasteiger partial charge in [-0.15, -0.1) is 0 Å². The summed E-state index contributed by atoms with van der Waals surface area (Å²) in [6.07, 6.45) is 8.47. The van der Waals surface area contributed by atoms with E-state index in [1.807, 2.05) is 12.2 Å². The van der Waals surface area contributed by atoms with Crippen LogP contribution in [0.25, 0.3) is 0 Å². The van der Waals surface area contributed by atoms with Crippen molar-refractivity contribution in [1.82, 2.24) is 0 Å². The molecule has 0 spiro atoms. The lowest BCUT2D eigenvalue weighted by atomic mass is 10.1. The zero-order chi connectivity index (χ0) is 6.81. The molecule has 0 N–H and O–H groups in total. The maximum Gasteiger partial charge on any atom is 0.106 e. The van der Waals surface area contributed by atoms with Crippen LogP contribution in [0, 0.1) is 0 Å². The van der Waals surface area contributed by atoms with Crippen molar-refractivity contribution in [2.45, 2.75) is 12.2 Å². The van der Waals surface area contributed by atoms with Crippen LogP contribution in [0.1, 0.15) is 0 Å². The molecule has 2 aliphatic heterocycles. The van der Waals surface area contributed by atoms with Crippen LogP contribution in [-0.4, -0.2) is 25.4 Å². The van der Waals surface area contributed by atoms with Gasteiger partial charge in [0.1, 0.15) is 12.2 Å². The van der Waals surface area contributed by atoms with Gasteiger partial charge >= 0.3 is 0 Å². The van der Waals surface area contributed by atoms with Gasteiger partial charge in [-0.1, -0.05) is 24.3 Å². The van der Waals surface area contributed by atoms with Gasteiger partial charge in [0.15, 0.2) is 0 Å². The van der Waals surface area contributed by atoms with Gasteiger partial charge in [-0.05, 0) is 0 Å². The Morgan fingerprint density at radius 2 is 1.40 bits per heavy atom. The van der Waals surface area contributed by atoms with E-state index in [0.29, 0.717) is 0 Å². The maximum atomic E-state index is 5.38. The average molecular weight is 138 g/mol. The molecule has 2 heterocycles. The summed E-state index contributed by atoms with van der Waals surface area (Å²) in [7, 11) is 0. The molecule has 0 fully saturated rings. The molecular formula is C8H10O2. The highest BCUT2D eigenvalue weighted by molar-refractivity contribution is 5.08. The van der Waals surface area contributed by atoms with Crippen LogP contribution in [0.15, 0.2) is 24.3 Å². The minimum absolute atomic E-state index is 0.166. The molecule has 2 heteroatoms. The van der Waals surface area contributed by atoms with Crippen LogP contribution >= 0.6 is 0 Å². The molecule has 2 unspecified atom stereocenters. The fraction of sp³-hybridized carbons (Fsp3) is 0.500. The van der Waals surface area contributed by atoms with Crippen LogP contribution < -0.4 is 0 Å². The molecule has 0 saturated heterocycles. The minimum atomic E-state index is 0.166. The van der Waals surface area contributed by atoms with E-state index in [4.69, 9.17) is 9.47 Å². The Kier molecular flexibility index (Phi) is 1.57. The maximum absolute atomic E-state index is 5.38. The molecule has 2 nitrogen and oxygen atoms in total. The molecule has 0 radical (unpaired) electrons. The van der Waals surface area contributed by atoms with E-state index in [0.717, 1.165) is 13.2 Å². The van der Waals surface area contributed by atoms with Gasteiger partial charge in [-0.2, -0.15) is 0 Å². The van der Waals surface area contributed by atoms with Gasteiger partial charge in [0.05, 0.1) is 13.2 Å². The number of fused-ring (bicyclic) bond motifs is 1. The Labute approximate surface area is 60.1 Å². The summed E-state index contributed by atoms with van der Waals surface area (Å²) in [5, 5.41) is 0. The third-order valence-electron chi connectivity index (χ3n) is 1.75. The predicted octanol–water partition coefficient (Wildman–Crippen LogP) is 0.896. The van der Waals surface area contributed by atoms with Crippen molar-refractivity contribution >= 4 is 0 Å². The molecular weight excluding hydrogens is 128 g/mol. The standard InChI is InChI=1S/C8H10O2/c1-3-7-8(9-5-1)4-2-6-10-7/h1-4,7-8H,5-6H2. The van der Waals surface area contributed by atoms with E-state index in [1.165, 1.54) is 0 Å². The number of ether oxygens (including phenoxy) is 2. The van der Waals surface area contributed by atoms with E-state index < -0.39 is 0 Å². The molecule has 0 saturated carbocycles. The van der Waals surface area contributed by atoms with Crippen molar-refractivity contribution < 1.29 is 9.47 Å². The highest BCUT2D eigenvalue weighted by atomic mass is 16.5. The molecule has 2 aliphatic rings. The summed E-state index contributed by atoms with van der Waals surface area (Å²) in [6, 6.07) is 0. The molecule has 2 rings (SSSR count). The van der Waals surface area contributed by atoms with Crippen LogP contribution in [0.5, 0.6) is 0 Å². The second kappa shape index (κ2) is 2.56. The summed E-state index contributed by atoms with van der Waals surface area (Å²) >= 11 is 0. The molecule has 0 aromatic carbocycles. The Hall–Kier alpha value is -0.600. The zero-order valence-electron chi connectivity index (χ0n) is 5.69. The van der Waals surface area contributed by atoms with Crippen molar-refractivity contribution in [3.8, 4) is 0 Å². The first kappa shape index (κ1) is 6.13. The number of hydrogen-bond donors (Lipinski definition) is 0. The van der Waals surface area contributed by atoms with E-state index in [2.05, 4.69) is 12.2 Å². The third kappa shape index (κ3) is 1.00. The van der Waals surface area contributed by atoms with Crippen LogP contribution in [0.3, 0.4) is 0 Å². The highest BCUT2D eigenvalue weighted by Gasteiger charge is 2.22. The van der Waals surface area contributed by atoms with Crippen LogP contribution in [0.4, 0.5) is 0 Å². The fourth-order valence-corrected chi connectivity index (χ4v) is 1.23. The van der Waals surface area contributed by atoms with Crippen LogP contribution in [-0.2, 0) is 9.47 Å². The molecule has 0 aromatic heterocycles. The molecule has 2 atom stereocenters. The first-order valence-corrected chi connectivity index (χ1v) is 3.53. The second-order valence-corrected chi connectivity index (χ2v) is 2.45. The summed E-state index contributed by atoms with van der Waals surface area (Å²) in [6.45, 7) is 1.43. The van der Waals surface area contributed by atoms with Crippen molar-refractivity contribution in [2.24, 2.45) is 0 Å². The van der Waals surface area contributed by atoms with Gasteiger partial charge in [0.25, 0.3) is 0 Å². The van der Waals surface area contributed by atoms with E-state index in [-0.39, 0.29) is 12.2 Å². The summed E-state index contributed by atoms with van der Waals surface area (Å²) < 4.78 is 10.8. The first-order valence-electron chi connectivity index (χ1n) is 3.53. The molecule has 0 aliphatic carbocycles. The Bertz CT molecular complexity index is 152. The van der Waals surface area contributed by atoms with E-state index in [9.17, 15) is 0 Å². The molecule has 0 aromatic rings. The topological polar surface area (TPSA) is 18.5 Å². The van der Waals surface area contributed by atoms with Crippen molar-refractivity contribution in [3.63, 3.8) is 0 Å². The van der Waals surface area contributed by atoms with Gasteiger partial charge in [-0.3, -0.25) is 0 Å². The summed E-state index contributed by atoms with van der Waals surface area (Å²) in [5.41, 5.74) is 0. The average Bonchev–Trinajstić information content (AvgIpc) is 2.05. The first-order chi connectivity index (χ1) is 4.97. The minimum Gasteiger partial charge on any atom is -0.367 e. The normalized spacial score (nSPS) is 37.6. The van der Waals surface area contributed by atoms with Crippen molar-refractivity contribution in [2.75, 3.05) is 13.2 Å². The third-order valence-corrected chi connectivity index (χ3v) is 1.75. The van der Waals surface area contributed by atoms with Gasteiger partial charge in [0, 0.05) is 0 Å². The zero-order valence-corrected chi connectivity index (χ0v) is 5.69. The van der Waals surface area contributed by atoms with E-state index >= 15 is 0 Å². The Morgan fingerprint density at radius 1 is 0.900 bits per heavy atom. The summed E-state index contributed by atoms with van der Waals surface area (Å²) in [4.78, 5) is 0. The molecule has 0 amide bonds. The van der Waals surface area contributed by atoms with Crippen LogP contribution in [0.2, 0.25) is 0 Å². The number of hydrogen-bond acceptors (Lipinski definition) is 2. The SMILES string of the molecule is C1=CC2OCC=CC2OC1. The number of rotatable bonds is 0. The smallest absolute Gasteiger partial charge is 0.106 e. The lowest BCUT2D eigenvalue weighted by Crippen LogP contribution is -2.34. The van der Waals surface area contributed by atoms with Gasteiger partial charge in [0.2, 0.25) is 0 Å². The lowest BCUT2D eigenvalue weighted by Gasteiger charge is -2.27. The lowest BCUT2D eigenvalue weighted by molar-refractivity contribution is -0.0300. The summed E-state index contributed by atoms with van der Waals surface area (Å²) in [5.74, 6) is 0. The van der Waals surface area contributed by atoms with E-state index in [1.54, 1.807) is 0 Å². The quantitative estimate of drug-likeness (QED) is 0.463. The largest absolute Gasteiger partial charge is 0.367 e. The van der Waals surface area contributed by atoms with Crippen molar-refractivity contribution in [1.29, 1.82) is 0 Å². The Morgan fingerprint density at radius 3 is 1.90 bits per heavy atom. The van der Waals surface area contributed by atoms with Gasteiger partial charge < -0.3 is 9.47 Å². The highest BCUT2D eigenvalue weighted by Crippen LogP contribution is 2.15.